The standard InChI is InChI=1S/C21H21ClN2O/c22-16-10-11-17(15-6-2-1-3-7-15)20(14-16)18-8-4-5-9-19(18)21(25)24-13-12-23/h1-3,6-7,10-11,14,18-19H,4-5,8-9,13H2,(H,24,25). The molecule has 1 aliphatic rings. The van der Waals surface area contributed by atoms with E-state index in [1.54, 1.807) is 0 Å². The van der Waals surface area contributed by atoms with Crippen molar-refractivity contribution >= 4 is 17.5 Å². The predicted molar refractivity (Wildman–Crippen MR) is 100 cm³/mol. The zero-order valence-electron chi connectivity index (χ0n) is 14.0. The van der Waals surface area contributed by atoms with Crippen LogP contribution in [0, 0.1) is 17.2 Å². The number of hydrogen-bond donors (Lipinski definition) is 1. The van der Waals surface area contributed by atoms with E-state index in [4.69, 9.17) is 16.9 Å². The van der Waals surface area contributed by atoms with Crippen molar-refractivity contribution in [2.75, 3.05) is 6.54 Å². The highest BCUT2D eigenvalue weighted by atomic mass is 35.5. The maximum Gasteiger partial charge on any atom is 0.224 e. The monoisotopic (exact) mass is 352 g/mol. The van der Waals surface area contributed by atoms with Crippen LogP contribution in [0.3, 0.4) is 0 Å². The van der Waals surface area contributed by atoms with Crippen molar-refractivity contribution in [1.29, 1.82) is 5.26 Å². The van der Waals surface area contributed by atoms with Crippen LogP contribution in [0.15, 0.2) is 48.5 Å². The lowest BCUT2D eigenvalue weighted by Crippen LogP contribution is -2.36. The Morgan fingerprint density at radius 2 is 1.92 bits per heavy atom. The van der Waals surface area contributed by atoms with E-state index in [-0.39, 0.29) is 24.3 Å². The number of rotatable bonds is 4. The third kappa shape index (κ3) is 4.03. The average Bonchev–Trinajstić information content (AvgIpc) is 2.66. The second-order valence-electron chi connectivity index (χ2n) is 6.47. The molecule has 4 heteroatoms. The van der Waals surface area contributed by atoms with Gasteiger partial charge in [0, 0.05) is 10.9 Å². The third-order valence-corrected chi connectivity index (χ3v) is 5.18. The molecule has 1 amide bonds. The Kier molecular flexibility index (Phi) is 5.73. The van der Waals surface area contributed by atoms with E-state index in [1.165, 1.54) is 0 Å². The molecule has 2 aromatic carbocycles. The smallest absolute Gasteiger partial charge is 0.224 e. The number of carbonyl (C=O) groups is 1. The van der Waals surface area contributed by atoms with Gasteiger partial charge in [-0.2, -0.15) is 5.26 Å². The van der Waals surface area contributed by atoms with Gasteiger partial charge in [-0.3, -0.25) is 4.79 Å². The highest BCUT2D eigenvalue weighted by Gasteiger charge is 2.33. The van der Waals surface area contributed by atoms with Crippen molar-refractivity contribution in [2.45, 2.75) is 31.6 Å². The fraction of sp³-hybridized carbons (Fsp3) is 0.333. The van der Waals surface area contributed by atoms with Gasteiger partial charge >= 0.3 is 0 Å². The molecule has 1 aliphatic carbocycles. The van der Waals surface area contributed by atoms with Gasteiger partial charge in [0.1, 0.15) is 6.54 Å². The summed E-state index contributed by atoms with van der Waals surface area (Å²) in [6.45, 7) is 0.0587. The van der Waals surface area contributed by atoms with Crippen LogP contribution in [0.5, 0.6) is 0 Å². The van der Waals surface area contributed by atoms with Crippen LogP contribution in [0.1, 0.15) is 37.2 Å². The Morgan fingerprint density at radius 3 is 2.68 bits per heavy atom. The first kappa shape index (κ1) is 17.5. The van der Waals surface area contributed by atoms with Crippen molar-refractivity contribution in [3.05, 3.63) is 59.1 Å². The lowest BCUT2D eigenvalue weighted by atomic mass is 9.73. The van der Waals surface area contributed by atoms with Crippen molar-refractivity contribution in [3.8, 4) is 17.2 Å². The van der Waals surface area contributed by atoms with Crippen LogP contribution in [-0.4, -0.2) is 12.5 Å². The Balaban J connectivity index is 1.99. The first-order valence-corrected chi connectivity index (χ1v) is 9.08. The number of amides is 1. The van der Waals surface area contributed by atoms with Gasteiger partial charge < -0.3 is 5.32 Å². The SMILES string of the molecule is N#CCNC(=O)C1CCCCC1c1cc(Cl)ccc1-c1ccccc1. The number of carbonyl (C=O) groups excluding carboxylic acids is 1. The Bertz CT molecular complexity index is 782. The average molecular weight is 353 g/mol. The second-order valence-corrected chi connectivity index (χ2v) is 6.91. The molecule has 128 valence electrons. The summed E-state index contributed by atoms with van der Waals surface area (Å²) in [4.78, 5) is 12.6. The topological polar surface area (TPSA) is 52.9 Å². The van der Waals surface area contributed by atoms with Crippen molar-refractivity contribution in [3.63, 3.8) is 0 Å². The van der Waals surface area contributed by atoms with Crippen LogP contribution in [0.4, 0.5) is 0 Å². The zero-order valence-corrected chi connectivity index (χ0v) is 14.8. The molecule has 0 aliphatic heterocycles. The molecular weight excluding hydrogens is 332 g/mol. The Labute approximate surface area is 153 Å². The molecule has 0 aromatic heterocycles. The summed E-state index contributed by atoms with van der Waals surface area (Å²) < 4.78 is 0. The highest BCUT2D eigenvalue weighted by Crippen LogP contribution is 2.42. The van der Waals surface area contributed by atoms with Gasteiger partial charge in [-0.1, -0.05) is 60.8 Å². The van der Waals surface area contributed by atoms with Crippen LogP contribution in [-0.2, 0) is 4.79 Å². The summed E-state index contributed by atoms with van der Waals surface area (Å²) in [6.07, 6.45) is 3.96. The molecule has 25 heavy (non-hydrogen) atoms. The van der Waals surface area contributed by atoms with Gasteiger partial charge in [0.15, 0.2) is 0 Å². The minimum Gasteiger partial charge on any atom is -0.343 e. The molecule has 3 nitrogen and oxygen atoms in total. The van der Waals surface area contributed by atoms with Gasteiger partial charge in [-0.05, 0) is 47.6 Å². The van der Waals surface area contributed by atoms with Gasteiger partial charge in [-0.15, -0.1) is 0 Å². The summed E-state index contributed by atoms with van der Waals surface area (Å²) in [5, 5.41) is 12.2. The summed E-state index contributed by atoms with van der Waals surface area (Å²) in [6, 6.07) is 18.1. The normalized spacial score (nSPS) is 19.8. The maximum atomic E-state index is 12.6. The van der Waals surface area contributed by atoms with Crippen LogP contribution in [0.2, 0.25) is 5.02 Å². The predicted octanol–water partition coefficient (Wildman–Crippen LogP) is 4.92. The van der Waals surface area contributed by atoms with Gasteiger partial charge in [0.2, 0.25) is 5.91 Å². The summed E-state index contributed by atoms with van der Waals surface area (Å²) in [5.41, 5.74) is 3.40. The van der Waals surface area contributed by atoms with Gasteiger partial charge in [-0.25, -0.2) is 0 Å². The number of nitrogens with zero attached hydrogens (tertiary/aromatic N) is 1. The summed E-state index contributed by atoms with van der Waals surface area (Å²) >= 11 is 6.29. The van der Waals surface area contributed by atoms with E-state index >= 15 is 0 Å². The van der Waals surface area contributed by atoms with Crippen molar-refractivity contribution in [1.82, 2.24) is 5.32 Å². The minimum atomic E-state index is -0.108. The zero-order chi connectivity index (χ0) is 17.6. The van der Waals surface area contributed by atoms with Crippen molar-refractivity contribution in [2.24, 2.45) is 5.92 Å². The fourth-order valence-corrected chi connectivity index (χ4v) is 3.98. The maximum absolute atomic E-state index is 12.6. The second kappa shape index (κ2) is 8.18. The lowest BCUT2D eigenvalue weighted by molar-refractivity contribution is -0.126. The summed E-state index contributed by atoms with van der Waals surface area (Å²) in [5.74, 6) is -0.00499. The molecule has 1 fully saturated rings. The van der Waals surface area contributed by atoms with E-state index in [9.17, 15) is 4.79 Å². The third-order valence-electron chi connectivity index (χ3n) is 4.94. The quantitative estimate of drug-likeness (QED) is 0.794. The van der Waals surface area contributed by atoms with E-state index in [0.29, 0.717) is 5.02 Å². The minimum absolute atomic E-state index is 0.0229. The molecule has 1 N–H and O–H groups in total. The number of halogens is 1. The molecule has 2 aromatic rings. The van der Waals surface area contributed by atoms with E-state index < -0.39 is 0 Å². The van der Waals surface area contributed by atoms with Crippen LogP contribution >= 0.6 is 11.6 Å². The highest BCUT2D eigenvalue weighted by molar-refractivity contribution is 6.30. The number of nitrogens with one attached hydrogen (secondary N) is 1. The summed E-state index contributed by atoms with van der Waals surface area (Å²) in [7, 11) is 0. The molecule has 2 atom stereocenters. The molecule has 0 bridgehead atoms. The van der Waals surface area contributed by atoms with E-state index in [0.717, 1.165) is 42.4 Å². The number of hydrogen-bond acceptors (Lipinski definition) is 2. The first-order valence-electron chi connectivity index (χ1n) is 8.70. The Hall–Kier alpha value is -2.31. The first-order chi connectivity index (χ1) is 12.2. The fourth-order valence-electron chi connectivity index (χ4n) is 3.80. The van der Waals surface area contributed by atoms with E-state index in [2.05, 4.69) is 17.4 Å². The van der Waals surface area contributed by atoms with Gasteiger partial charge in [0.05, 0.1) is 6.07 Å². The molecule has 3 rings (SSSR count). The molecule has 2 unspecified atom stereocenters. The van der Waals surface area contributed by atoms with Crippen LogP contribution < -0.4 is 5.32 Å². The van der Waals surface area contributed by atoms with Crippen LogP contribution in [0.25, 0.3) is 11.1 Å². The lowest BCUT2D eigenvalue weighted by Gasteiger charge is -2.32. The van der Waals surface area contributed by atoms with Crippen molar-refractivity contribution < 1.29 is 4.79 Å². The molecule has 0 saturated heterocycles. The molecule has 1 saturated carbocycles. The number of nitriles is 1. The molecule has 0 heterocycles. The Morgan fingerprint density at radius 1 is 1.16 bits per heavy atom. The molecule has 0 radical (unpaired) electrons. The molecule has 0 spiro atoms. The largest absolute Gasteiger partial charge is 0.343 e. The number of benzene rings is 2. The van der Waals surface area contributed by atoms with Gasteiger partial charge in [0.25, 0.3) is 0 Å². The molecular formula is C21H21ClN2O. The van der Waals surface area contributed by atoms with E-state index in [1.807, 2.05) is 42.5 Å².